The topological polar surface area (TPSA) is 166 Å². The van der Waals surface area contributed by atoms with Crippen molar-refractivity contribution in [2.24, 2.45) is 5.92 Å². The van der Waals surface area contributed by atoms with Gasteiger partial charge >= 0.3 is 21.1 Å². The number of hydrogen-bond acceptors (Lipinski definition) is 8. The SMILES string of the molecule is CCC(C)OP(=O)(O)O[C@@H]1[C@H](OC)[C@@H](CCP(=O)(O)OC)C[C@H]1n1ccc(=O)[nH]c1=O. The zero-order valence-corrected chi connectivity index (χ0v) is 19.7. The van der Waals surface area contributed by atoms with Crippen molar-refractivity contribution in [3.63, 3.8) is 0 Å². The fourth-order valence-electron chi connectivity index (χ4n) is 3.67. The average Bonchev–Trinajstić information content (AvgIpc) is 3.02. The first-order valence-electron chi connectivity index (χ1n) is 9.84. The summed E-state index contributed by atoms with van der Waals surface area (Å²) in [5.41, 5.74) is -1.31. The average molecular weight is 484 g/mol. The molecule has 1 fully saturated rings. The van der Waals surface area contributed by atoms with Crippen LogP contribution in [-0.2, 0) is 27.4 Å². The zero-order valence-electron chi connectivity index (χ0n) is 17.9. The number of phosphoric ester groups is 1. The molecule has 14 heteroatoms. The lowest BCUT2D eigenvalue weighted by atomic mass is 10.0. The lowest BCUT2D eigenvalue weighted by molar-refractivity contribution is -0.0313. The quantitative estimate of drug-likeness (QED) is 0.393. The third-order valence-electron chi connectivity index (χ3n) is 5.40. The summed E-state index contributed by atoms with van der Waals surface area (Å²) < 4.78 is 46.4. The summed E-state index contributed by atoms with van der Waals surface area (Å²) in [7, 11) is -5.82. The van der Waals surface area contributed by atoms with Gasteiger partial charge < -0.3 is 19.0 Å². The number of aromatic nitrogens is 2. The van der Waals surface area contributed by atoms with Gasteiger partial charge in [-0.1, -0.05) is 6.92 Å². The predicted molar refractivity (Wildman–Crippen MR) is 111 cm³/mol. The molecular weight excluding hydrogens is 454 g/mol. The predicted octanol–water partition coefficient (Wildman–Crippen LogP) is 1.64. The van der Waals surface area contributed by atoms with Crippen LogP contribution in [0.5, 0.6) is 0 Å². The first-order chi connectivity index (χ1) is 14.4. The maximum atomic E-state index is 12.6. The largest absolute Gasteiger partial charge is 0.472 e. The lowest BCUT2D eigenvalue weighted by Crippen LogP contribution is -2.39. The summed E-state index contributed by atoms with van der Waals surface area (Å²) >= 11 is 0. The maximum Gasteiger partial charge on any atom is 0.472 e. The van der Waals surface area contributed by atoms with Gasteiger partial charge in [0.1, 0.15) is 6.10 Å². The first-order valence-corrected chi connectivity index (χ1v) is 13.1. The number of phosphoric acid groups is 1. The van der Waals surface area contributed by atoms with Crippen molar-refractivity contribution >= 4 is 15.4 Å². The Morgan fingerprint density at radius 1 is 1.26 bits per heavy atom. The monoisotopic (exact) mass is 484 g/mol. The number of rotatable bonds is 11. The molecule has 0 spiro atoms. The third kappa shape index (κ3) is 6.94. The number of hydrogen-bond donors (Lipinski definition) is 3. The van der Waals surface area contributed by atoms with E-state index < -0.39 is 56.9 Å². The van der Waals surface area contributed by atoms with Crippen molar-refractivity contribution in [1.82, 2.24) is 9.55 Å². The van der Waals surface area contributed by atoms with Crippen LogP contribution in [0.15, 0.2) is 21.9 Å². The lowest BCUT2D eigenvalue weighted by Gasteiger charge is -2.28. The van der Waals surface area contributed by atoms with Crippen LogP contribution in [-0.4, -0.2) is 58.0 Å². The zero-order chi connectivity index (χ0) is 23.4. The highest BCUT2D eigenvalue weighted by Gasteiger charge is 2.49. The minimum absolute atomic E-state index is 0.172. The minimum Gasteiger partial charge on any atom is -0.378 e. The molecule has 0 aromatic carbocycles. The van der Waals surface area contributed by atoms with Gasteiger partial charge in [-0.25, -0.2) is 9.36 Å². The Kier molecular flexibility index (Phi) is 9.01. The molecule has 7 atom stereocenters. The van der Waals surface area contributed by atoms with Gasteiger partial charge in [-0.05, 0) is 32.1 Å². The Hall–Kier alpha value is -1.10. The minimum atomic E-state index is -4.53. The van der Waals surface area contributed by atoms with E-state index in [9.17, 15) is 28.5 Å². The molecule has 0 bridgehead atoms. The molecule has 1 aliphatic rings. The molecule has 2 rings (SSSR count). The molecule has 0 radical (unpaired) electrons. The van der Waals surface area contributed by atoms with Crippen molar-refractivity contribution in [2.45, 2.75) is 57.5 Å². The van der Waals surface area contributed by atoms with E-state index in [-0.39, 0.29) is 19.0 Å². The molecule has 1 saturated carbocycles. The van der Waals surface area contributed by atoms with Crippen LogP contribution < -0.4 is 11.2 Å². The molecule has 1 aliphatic carbocycles. The van der Waals surface area contributed by atoms with Crippen molar-refractivity contribution in [3.8, 4) is 0 Å². The first kappa shape index (κ1) is 26.2. The van der Waals surface area contributed by atoms with Gasteiger partial charge in [0, 0.05) is 26.5 Å². The molecule has 1 aromatic rings. The second-order valence-electron chi connectivity index (χ2n) is 7.48. The summed E-state index contributed by atoms with van der Waals surface area (Å²) in [4.78, 5) is 46.0. The Balaban J connectivity index is 2.39. The maximum absolute atomic E-state index is 12.6. The van der Waals surface area contributed by atoms with Gasteiger partial charge in [-0.3, -0.25) is 28.0 Å². The van der Waals surface area contributed by atoms with Crippen molar-refractivity contribution < 1.29 is 37.2 Å². The van der Waals surface area contributed by atoms with E-state index in [0.717, 1.165) is 13.2 Å². The van der Waals surface area contributed by atoms with Crippen LogP contribution in [0.1, 0.15) is 39.2 Å². The number of ether oxygens (including phenoxy) is 1. The molecule has 1 heterocycles. The highest BCUT2D eigenvalue weighted by atomic mass is 31.2. The molecule has 3 N–H and O–H groups in total. The van der Waals surface area contributed by atoms with Crippen LogP contribution in [0.25, 0.3) is 0 Å². The van der Waals surface area contributed by atoms with E-state index in [1.165, 1.54) is 17.9 Å². The molecule has 0 saturated heterocycles. The van der Waals surface area contributed by atoms with Gasteiger partial charge in [-0.2, -0.15) is 0 Å². The second kappa shape index (κ2) is 10.7. The third-order valence-corrected chi connectivity index (χ3v) is 7.93. The number of H-pyrrole nitrogens is 1. The Morgan fingerprint density at radius 3 is 2.48 bits per heavy atom. The molecule has 1 aromatic heterocycles. The number of nitrogens with zero attached hydrogens (tertiary/aromatic N) is 1. The summed E-state index contributed by atoms with van der Waals surface area (Å²) in [6.07, 6.45) is -0.472. The Labute approximate surface area is 179 Å². The van der Waals surface area contributed by atoms with Gasteiger partial charge in [-0.15, -0.1) is 0 Å². The van der Waals surface area contributed by atoms with E-state index in [2.05, 4.69) is 9.51 Å². The van der Waals surface area contributed by atoms with E-state index in [1.54, 1.807) is 13.8 Å². The fraction of sp³-hybridized carbons (Fsp3) is 0.765. The van der Waals surface area contributed by atoms with Gasteiger partial charge in [0.15, 0.2) is 0 Å². The smallest absolute Gasteiger partial charge is 0.378 e. The van der Waals surface area contributed by atoms with E-state index in [1.807, 2.05) is 0 Å². The molecule has 0 amide bonds. The molecule has 3 unspecified atom stereocenters. The molecular formula is C17H30N2O10P2. The number of aromatic amines is 1. The van der Waals surface area contributed by atoms with E-state index in [0.29, 0.717) is 6.42 Å². The second-order valence-corrected chi connectivity index (χ2v) is 10.9. The molecule has 12 nitrogen and oxygen atoms in total. The van der Waals surface area contributed by atoms with Crippen LogP contribution in [0.3, 0.4) is 0 Å². The van der Waals surface area contributed by atoms with Crippen LogP contribution in [0.2, 0.25) is 0 Å². The van der Waals surface area contributed by atoms with Crippen molar-refractivity contribution in [2.75, 3.05) is 20.4 Å². The summed E-state index contributed by atoms with van der Waals surface area (Å²) in [6, 6.07) is 0.357. The van der Waals surface area contributed by atoms with Crippen molar-refractivity contribution in [1.29, 1.82) is 0 Å². The highest BCUT2D eigenvalue weighted by Crippen LogP contribution is 2.53. The fourth-order valence-corrected chi connectivity index (χ4v) is 5.73. The Morgan fingerprint density at radius 2 is 1.94 bits per heavy atom. The van der Waals surface area contributed by atoms with Crippen LogP contribution >= 0.6 is 15.4 Å². The Bertz CT molecular complexity index is 947. The summed E-state index contributed by atoms with van der Waals surface area (Å²) in [6.45, 7) is 3.39. The van der Waals surface area contributed by atoms with Gasteiger partial charge in [0.05, 0.1) is 24.4 Å². The van der Waals surface area contributed by atoms with Crippen LogP contribution in [0, 0.1) is 5.92 Å². The molecule has 0 aliphatic heterocycles. The van der Waals surface area contributed by atoms with Gasteiger partial charge in [0.25, 0.3) is 5.56 Å². The van der Waals surface area contributed by atoms with E-state index in [4.69, 9.17) is 13.8 Å². The van der Waals surface area contributed by atoms with Gasteiger partial charge in [0.2, 0.25) is 0 Å². The van der Waals surface area contributed by atoms with Crippen molar-refractivity contribution in [3.05, 3.63) is 33.1 Å². The normalized spacial score (nSPS) is 28.7. The van der Waals surface area contributed by atoms with Crippen LogP contribution in [0.4, 0.5) is 0 Å². The molecule has 178 valence electrons. The molecule has 31 heavy (non-hydrogen) atoms. The number of methoxy groups -OCH3 is 1. The number of nitrogens with one attached hydrogen (secondary N) is 1. The van der Waals surface area contributed by atoms with E-state index >= 15 is 0 Å². The highest BCUT2D eigenvalue weighted by molar-refractivity contribution is 7.52. The summed E-state index contributed by atoms with van der Waals surface area (Å²) in [5.74, 6) is -0.405. The summed E-state index contributed by atoms with van der Waals surface area (Å²) in [5, 5.41) is 0. The standard InChI is InChI=1S/C17H30N2O10P2/c1-5-11(2)28-31(24,25)29-16-13(19-8-6-14(20)18-17(19)21)10-12(15(16)26-3)7-9-30(22,23)27-4/h6,8,11-13,15-16H,5,7,9-10H2,1-4H3,(H,22,23)(H,24,25)(H,18,20,21)/t11?,12-,13+,15+,16-/m0/s1.